The molecule has 0 aliphatic heterocycles. The van der Waals surface area contributed by atoms with Crippen LogP contribution in [0.1, 0.15) is 5.56 Å². The van der Waals surface area contributed by atoms with Crippen molar-refractivity contribution in [1.29, 1.82) is 0 Å². The van der Waals surface area contributed by atoms with Crippen molar-refractivity contribution in [3.63, 3.8) is 0 Å². The van der Waals surface area contributed by atoms with E-state index in [1.54, 1.807) is 36.4 Å². The first-order chi connectivity index (χ1) is 11.1. The summed E-state index contributed by atoms with van der Waals surface area (Å²) >= 11 is 5.82. The van der Waals surface area contributed by atoms with E-state index < -0.39 is 5.91 Å². The number of nitrogens with one attached hydrogen (secondary N) is 1. The molecule has 7 heteroatoms. The summed E-state index contributed by atoms with van der Waals surface area (Å²) in [5.41, 5.74) is 3.00. The van der Waals surface area contributed by atoms with E-state index in [9.17, 15) is 9.90 Å². The van der Waals surface area contributed by atoms with Crippen molar-refractivity contribution in [3.05, 3.63) is 53.1 Å². The van der Waals surface area contributed by atoms with Crippen molar-refractivity contribution in [2.24, 2.45) is 5.10 Å². The minimum absolute atomic E-state index is 0.0311. The third-order valence-corrected chi connectivity index (χ3v) is 3.01. The minimum atomic E-state index is -0.410. The van der Waals surface area contributed by atoms with Gasteiger partial charge in [-0.05, 0) is 42.0 Å². The van der Waals surface area contributed by atoms with Gasteiger partial charge in [-0.1, -0.05) is 17.7 Å². The molecule has 23 heavy (non-hydrogen) atoms. The molecule has 0 radical (unpaired) electrons. The van der Waals surface area contributed by atoms with E-state index in [0.29, 0.717) is 22.1 Å². The van der Waals surface area contributed by atoms with Crippen molar-refractivity contribution in [3.8, 4) is 17.2 Å². The quantitative estimate of drug-likeness (QED) is 0.628. The topological polar surface area (TPSA) is 80.2 Å². The van der Waals surface area contributed by atoms with Crippen LogP contribution in [-0.2, 0) is 4.79 Å². The minimum Gasteiger partial charge on any atom is -0.504 e. The number of phenols is 1. The maximum atomic E-state index is 11.6. The van der Waals surface area contributed by atoms with Crippen LogP contribution in [0.25, 0.3) is 0 Å². The van der Waals surface area contributed by atoms with Gasteiger partial charge in [-0.2, -0.15) is 5.10 Å². The average Bonchev–Trinajstić information content (AvgIpc) is 2.54. The van der Waals surface area contributed by atoms with Gasteiger partial charge in [-0.15, -0.1) is 0 Å². The fraction of sp³-hybridized carbons (Fsp3) is 0.125. The molecule has 0 fully saturated rings. The molecule has 2 rings (SSSR count). The van der Waals surface area contributed by atoms with Gasteiger partial charge in [-0.25, -0.2) is 5.43 Å². The fourth-order valence-electron chi connectivity index (χ4n) is 1.69. The first-order valence-corrected chi connectivity index (χ1v) is 7.03. The maximum Gasteiger partial charge on any atom is 0.277 e. The number of amides is 1. The zero-order chi connectivity index (χ0) is 16.7. The number of ether oxygens (including phenoxy) is 2. The standard InChI is InChI=1S/C16H15ClN2O4/c1-22-15-7-11(5-6-14(15)20)9-18-19-16(21)10-23-13-4-2-3-12(17)8-13/h2-9,20H,10H2,1H3,(H,19,21)/b18-9+. The normalized spacial score (nSPS) is 10.5. The Hall–Kier alpha value is -2.73. The Bertz CT molecular complexity index is 719. The highest BCUT2D eigenvalue weighted by atomic mass is 35.5. The third-order valence-electron chi connectivity index (χ3n) is 2.77. The molecule has 0 aliphatic rings. The first kappa shape index (κ1) is 16.6. The maximum absolute atomic E-state index is 11.6. The summed E-state index contributed by atoms with van der Waals surface area (Å²) in [5.74, 6) is 0.444. The summed E-state index contributed by atoms with van der Waals surface area (Å²) in [5, 5.41) is 13.8. The van der Waals surface area contributed by atoms with E-state index in [2.05, 4.69) is 10.5 Å². The first-order valence-electron chi connectivity index (χ1n) is 6.66. The van der Waals surface area contributed by atoms with Gasteiger partial charge in [0.05, 0.1) is 13.3 Å². The van der Waals surface area contributed by atoms with Crippen LogP contribution in [-0.4, -0.2) is 30.9 Å². The highest BCUT2D eigenvalue weighted by molar-refractivity contribution is 6.30. The van der Waals surface area contributed by atoms with Crippen LogP contribution in [0, 0.1) is 0 Å². The summed E-state index contributed by atoms with van der Waals surface area (Å²) in [4.78, 5) is 11.6. The lowest BCUT2D eigenvalue weighted by atomic mass is 10.2. The van der Waals surface area contributed by atoms with Crippen LogP contribution in [0.2, 0.25) is 5.02 Å². The van der Waals surface area contributed by atoms with Crippen molar-refractivity contribution in [2.45, 2.75) is 0 Å². The predicted octanol–water partition coefficient (Wildman–Crippen LogP) is 2.58. The molecule has 0 bridgehead atoms. The molecule has 1 amide bonds. The van der Waals surface area contributed by atoms with E-state index in [0.717, 1.165) is 0 Å². The predicted molar refractivity (Wildman–Crippen MR) is 87.3 cm³/mol. The summed E-state index contributed by atoms with van der Waals surface area (Å²) < 4.78 is 10.3. The highest BCUT2D eigenvalue weighted by Gasteiger charge is 2.03. The molecule has 120 valence electrons. The van der Waals surface area contributed by atoms with Crippen LogP contribution in [0.4, 0.5) is 0 Å². The Balaban J connectivity index is 1.84. The van der Waals surface area contributed by atoms with Crippen molar-refractivity contribution in [1.82, 2.24) is 5.43 Å². The van der Waals surface area contributed by atoms with Gasteiger partial charge in [0, 0.05) is 5.02 Å². The van der Waals surface area contributed by atoms with Gasteiger partial charge in [-0.3, -0.25) is 4.79 Å². The molecule has 0 saturated heterocycles. The molecule has 0 heterocycles. The zero-order valence-corrected chi connectivity index (χ0v) is 13.1. The van der Waals surface area contributed by atoms with E-state index in [1.165, 1.54) is 19.4 Å². The molecule has 0 spiro atoms. The second kappa shape index (κ2) is 8.05. The Morgan fingerprint density at radius 1 is 1.35 bits per heavy atom. The number of nitrogens with zero attached hydrogens (tertiary/aromatic N) is 1. The van der Waals surface area contributed by atoms with Gasteiger partial charge >= 0.3 is 0 Å². The number of hydrogen-bond donors (Lipinski definition) is 2. The van der Waals surface area contributed by atoms with Crippen LogP contribution >= 0.6 is 11.6 Å². The molecule has 0 aliphatic carbocycles. The zero-order valence-electron chi connectivity index (χ0n) is 12.3. The second-order valence-electron chi connectivity index (χ2n) is 4.47. The third kappa shape index (κ3) is 5.19. The van der Waals surface area contributed by atoms with Crippen LogP contribution in [0.3, 0.4) is 0 Å². The average molecular weight is 335 g/mol. The van der Waals surface area contributed by atoms with Crippen molar-refractivity contribution in [2.75, 3.05) is 13.7 Å². The molecule has 0 aromatic heterocycles. The van der Waals surface area contributed by atoms with E-state index >= 15 is 0 Å². The molecule has 2 aromatic rings. The van der Waals surface area contributed by atoms with Gasteiger partial charge < -0.3 is 14.6 Å². The number of aromatic hydroxyl groups is 1. The number of carbonyl (C=O) groups excluding carboxylic acids is 1. The lowest BCUT2D eigenvalue weighted by molar-refractivity contribution is -0.123. The Morgan fingerprint density at radius 2 is 2.17 bits per heavy atom. The van der Waals surface area contributed by atoms with Gasteiger partial charge in [0.1, 0.15) is 5.75 Å². The van der Waals surface area contributed by atoms with Crippen molar-refractivity contribution >= 4 is 23.7 Å². The largest absolute Gasteiger partial charge is 0.504 e. The number of phenolic OH excluding ortho intramolecular Hbond substituents is 1. The number of methoxy groups -OCH3 is 1. The van der Waals surface area contributed by atoms with Gasteiger partial charge in [0.15, 0.2) is 18.1 Å². The molecule has 2 aromatic carbocycles. The number of carbonyl (C=O) groups is 1. The van der Waals surface area contributed by atoms with E-state index in [-0.39, 0.29) is 12.4 Å². The summed E-state index contributed by atoms with van der Waals surface area (Å²) in [7, 11) is 1.45. The number of benzene rings is 2. The molecule has 0 atom stereocenters. The summed E-state index contributed by atoms with van der Waals surface area (Å²) in [6.45, 7) is -0.184. The highest BCUT2D eigenvalue weighted by Crippen LogP contribution is 2.25. The lowest BCUT2D eigenvalue weighted by Gasteiger charge is -2.05. The number of halogens is 1. The SMILES string of the molecule is COc1cc(/C=N/NC(=O)COc2cccc(Cl)c2)ccc1O. The smallest absolute Gasteiger partial charge is 0.277 e. The van der Waals surface area contributed by atoms with E-state index in [4.69, 9.17) is 21.1 Å². The molecule has 0 saturated carbocycles. The molecule has 2 N–H and O–H groups in total. The second-order valence-corrected chi connectivity index (χ2v) is 4.91. The number of rotatable bonds is 6. The molecular weight excluding hydrogens is 320 g/mol. The Kier molecular flexibility index (Phi) is 5.82. The van der Waals surface area contributed by atoms with Crippen LogP contribution in [0.5, 0.6) is 17.2 Å². The monoisotopic (exact) mass is 334 g/mol. The number of hydrogen-bond acceptors (Lipinski definition) is 5. The summed E-state index contributed by atoms with van der Waals surface area (Å²) in [6, 6.07) is 11.5. The Labute approximate surface area is 138 Å². The van der Waals surface area contributed by atoms with Gasteiger partial charge in [0.25, 0.3) is 5.91 Å². The summed E-state index contributed by atoms with van der Waals surface area (Å²) in [6.07, 6.45) is 1.43. The fourth-order valence-corrected chi connectivity index (χ4v) is 1.87. The van der Waals surface area contributed by atoms with E-state index in [1.807, 2.05) is 0 Å². The molecule has 6 nitrogen and oxygen atoms in total. The van der Waals surface area contributed by atoms with Crippen LogP contribution in [0.15, 0.2) is 47.6 Å². The van der Waals surface area contributed by atoms with Gasteiger partial charge in [0.2, 0.25) is 0 Å². The number of hydrazone groups is 1. The molecular formula is C16H15ClN2O4. The lowest BCUT2D eigenvalue weighted by Crippen LogP contribution is -2.24. The van der Waals surface area contributed by atoms with Crippen LogP contribution < -0.4 is 14.9 Å². The molecule has 0 unspecified atom stereocenters. The Morgan fingerprint density at radius 3 is 2.91 bits per heavy atom. The van der Waals surface area contributed by atoms with Crippen molar-refractivity contribution < 1.29 is 19.4 Å².